The smallest absolute Gasteiger partial charge is 0.163 e. The van der Waals surface area contributed by atoms with Gasteiger partial charge in [0.2, 0.25) is 0 Å². The summed E-state index contributed by atoms with van der Waals surface area (Å²) in [5, 5.41) is 3.61. The lowest BCUT2D eigenvalue weighted by atomic mass is 10.2. The van der Waals surface area contributed by atoms with E-state index in [9.17, 15) is 0 Å². The molecule has 0 saturated heterocycles. The van der Waals surface area contributed by atoms with E-state index in [2.05, 4.69) is 25.3 Å². The average Bonchev–Trinajstić information content (AvgIpc) is 2.54. The SMILES string of the molecule is Clc1cc(NCc2cccnc2)nc(-c2ccncc2)n1. The van der Waals surface area contributed by atoms with Crippen LogP contribution in [0.5, 0.6) is 0 Å². The first kappa shape index (κ1) is 13.5. The third-order valence-electron chi connectivity index (χ3n) is 2.83. The molecule has 0 saturated carbocycles. The van der Waals surface area contributed by atoms with Crippen molar-refractivity contribution in [1.29, 1.82) is 0 Å². The Morgan fingerprint density at radius 1 is 1.00 bits per heavy atom. The summed E-state index contributed by atoms with van der Waals surface area (Å²) in [6.07, 6.45) is 6.94. The molecule has 6 heteroatoms. The third kappa shape index (κ3) is 3.52. The number of hydrogen-bond acceptors (Lipinski definition) is 5. The zero-order valence-electron chi connectivity index (χ0n) is 11.1. The second-order valence-electron chi connectivity index (χ2n) is 4.35. The lowest BCUT2D eigenvalue weighted by molar-refractivity contribution is 1.07. The van der Waals surface area contributed by atoms with Crippen molar-refractivity contribution in [2.75, 3.05) is 5.32 Å². The first-order valence-electron chi connectivity index (χ1n) is 6.39. The molecule has 3 heterocycles. The minimum atomic E-state index is 0.394. The number of pyridine rings is 2. The number of anilines is 1. The maximum Gasteiger partial charge on any atom is 0.163 e. The van der Waals surface area contributed by atoms with Crippen molar-refractivity contribution >= 4 is 17.4 Å². The van der Waals surface area contributed by atoms with Gasteiger partial charge in [-0.25, -0.2) is 9.97 Å². The molecule has 1 N–H and O–H groups in total. The molecule has 0 radical (unpaired) electrons. The van der Waals surface area contributed by atoms with Crippen molar-refractivity contribution in [3.05, 3.63) is 65.8 Å². The number of halogens is 1. The molecular weight excluding hydrogens is 286 g/mol. The first-order valence-corrected chi connectivity index (χ1v) is 6.77. The van der Waals surface area contributed by atoms with Crippen LogP contribution in [0, 0.1) is 0 Å². The molecule has 0 amide bonds. The summed E-state index contributed by atoms with van der Waals surface area (Å²) in [5.74, 6) is 1.24. The summed E-state index contributed by atoms with van der Waals surface area (Å²) < 4.78 is 0. The van der Waals surface area contributed by atoms with Crippen LogP contribution in [0.3, 0.4) is 0 Å². The molecule has 0 unspecified atom stereocenters. The maximum atomic E-state index is 6.06. The van der Waals surface area contributed by atoms with Crippen molar-refractivity contribution < 1.29 is 0 Å². The van der Waals surface area contributed by atoms with Crippen LogP contribution >= 0.6 is 11.6 Å². The van der Waals surface area contributed by atoms with Gasteiger partial charge in [0.1, 0.15) is 11.0 Å². The van der Waals surface area contributed by atoms with Crippen LogP contribution in [0.2, 0.25) is 5.15 Å². The highest BCUT2D eigenvalue weighted by Gasteiger charge is 2.05. The molecule has 0 fully saturated rings. The monoisotopic (exact) mass is 297 g/mol. The summed E-state index contributed by atoms with van der Waals surface area (Å²) in [4.78, 5) is 16.8. The second-order valence-corrected chi connectivity index (χ2v) is 4.74. The number of aromatic nitrogens is 4. The van der Waals surface area contributed by atoms with E-state index in [1.165, 1.54) is 0 Å². The Hall–Kier alpha value is -2.53. The van der Waals surface area contributed by atoms with Gasteiger partial charge in [-0.05, 0) is 23.8 Å². The molecule has 5 nitrogen and oxygen atoms in total. The van der Waals surface area contributed by atoms with Gasteiger partial charge in [0.15, 0.2) is 5.82 Å². The van der Waals surface area contributed by atoms with Gasteiger partial charge in [-0.3, -0.25) is 9.97 Å². The lowest BCUT2D eigenvalue weighted by Gasteiger charge is -2.08. The number of nitrogens with zero attached hydrogens (tertiary/aromatic N) is 4. The topological polar surface area (TPSA) is 63.6 Å². The highest BCUT2D eigenvalue weighted by Crippen LogP contribution is 2.19. The van der Waals surface area contributed by atoms with Crippen LogP contribution < -0.4 is 5.32 Å². The van der Waals surface area contributed by atoms with Gasteiger partial charge in [-0.2, -0.15) is 0 Å². The second kappa shape index (κ2) is 6.28. The van der Waals surface area contributed by atoms with Gasteiger partial charge in [0.05, 0.1) is 0 Å². The summed E-state index contributed by atoms with van der Waals surface area (Å²) in [5.41, 5.74) is 1.94. The molecule has 0 aliphatic carbocycles. The van der Waals surface area contributed by atoms with Gasteiger partial charge < -0.3 is 5.32 Å². The lowest BCUT2D eigenvalue weighted by Crippen LogP contribution is -2.03. The van der Waals surface area contributed by atoms with E-state index >= 15 is 0 Å². The summed E-state index contributed by atoms with van der Waals surface area (Å²) in [6, 6.07) is 9.27. The van der Waals surface area contributed by atoms with Gasteiger partial charge in [0, 0.05) is 43.0 Å². The minimum absolute atomic E-state index is 0.394. The Balaban J connectivity index is 1.82. The highest BCUT2D eigenvalue weighted by molar-refractivity contribution is 6.29. The zero-order chi connectivity index (χ0) is 14.5. The van der Waals surface area contributed by atoms with Crippen LogP contribution in [-0.2, 0) is 6.54 Å². The van der Waals surface area contributed by atoms with E-state index in [4.69, 9.17) is 11.6 Å². The molecule has 3 rings (SSSR count). The van der Waals surface area contributed by atoms with Crippen molar-refractivity contribution in [3.63, 3.8) is 0 Å². The van der Waals surface area contributed by atoms with E-state index < -0.39 is 0 Å². The van der Waals surface area contributed by atoms with E-state index in [-0.39, 0.29) is 0 Å². The molecule has 3 aromatic heterocycles. The molecule has 0 bridgehead atoms. The first-order chi connectivity index (χ1) is 10.3. The quantitative estimate of drug-likeness (QED) is 0.749. The van der Waals surface area contributed by atoms with Crippen LogP contribution in [0.4, 0.5) is 5.82 Å². The minimum Gasteiger partial charge on any atom is -0.366 e. The zero-order valence-corrected chi connectivity index (χ0v) is 11.8. The van der Waals surface area contributed by atoms with Crippen molar-refractivity contribution in [2.45, 2.75) is 6.54 Å². The molecule has 0 aliphatic rings. The highest BCUT2D eigenvalue weighted by atomic mass is 35.5. The Morgan fingerprint density at radius 2 is 1.86 bits per heavy atom. The number of rotatable bonds is 4. The van der Waals surface area contributed by atoms with E-state index in [1.807, 2.05) is 24.3 Å². The van der Waals surface area contributed by atoms with Crippen LogP contribution in [0.15, 0.2) is 55.1 Å². The number of nitrogens with one attached hydrogen (secondary N) is 1. The van der Waals surface area contributed by atoms with Crippen LogP contribution in [0.25, 0.3) is 11.4 Å². The summed E-state index contributed by atoms with van der Waals surface area (Å²) in [7, 11) is 0. The summed E-state index contributed by atoms with van der Waals surface area (Å²) in [6.45, 7) is 0.622. The fourth-order valence-corrected chi connectivity index (χ4v) is 2.02. The van der Waals surface area contributed by atoms with E-state index in [0.29, 0.717) is 23.3 Å². The van der Waals surface area contributed by atoms with Gasteiger partial charge >= 0.3 is 0 Å². The van der Waals surface area contributed by atoms with Crippen molar-refractivity contribution in [2.24, 2.45) is 0 Å². The predicted octanol–water partition coefficient (Wildman–Crippen LogP) is 3.20. The fraction of sp³-hybridized carbons (Fsp3) is 0.0667. The largest absolute Gasteiger partial charge is 0.366 e. The maximum absolute atomic E-state index is 6.06. The van der Waals surface area contributed by atoms with E-state index in [1.54, 1.807) is 30.9 Å². The van der Waals surface area contributed by atoms with E-state index in [0.717, 1.165) is 11.1 Å². The standard InChI is InChI=1S/C15H12ClN5/c16-13-8-14(19-10-11-2-1-5-18-9-11)21-15(20-13)12-3-6-17-7-4-12/h1-9H,10H2,(H,19,20,21). The number of hydrogen-bond donors (Lipinski definition) is 1. The Bertz CT molecular complexity index is 719. The van der Waals surface area contributed by atoms with Gasteiger partial charge in [0.25, 0.3) is 0 Å². The van der Waals surface area contributed by atoms with Gasteiger partial charge in [-0.1, -0.05) is 17.7 Å². The Kier molecular flexibility index (Phi) is 4.02. The predicted molar refractivity (Wildman–Crippen MR) is 81.8 cm³/mol. The normalized spacial score (nSPS) is 10.3. The fourth-order valence-electron chi connectivity index (χ4n) is 1.83. The molecule has 0 spiro atoms. The molecule has 21 heavy (non-hydrogen) atoms. The average molecular weight is 298 g/mol. The molecule has 0 atom stereocenters. The molecule has 0 aliphatic heterocycles. The molecular formula is C15H12ClN5. The Labute approximate surface area is 127 Å². The molecule has 104 valence electrons. The van der Waals surface area contributed by atoms with Crippen LogP contribution in [-0.4, -0.2) is 19.9 Å². The summed E-state index contributed by atoms with van der Waals surface area (Å²) >= 11 is 6.06. The molecule has 0 aromatic carbocycles. The van der Waals surface area contributed by atoms with Gasteiger partial charge in [-0.15, -0.1) is 0 Å². The Morgan fingerprint density at radius 3 is 2.62 bits per heavy atom. The molecule has 3 aromatic rings. The van der Waals surface area contributed by atoms with Crippen LogP contribution in [0.1, 0.15) is 5.56 Å². The van der Waals surface area contributed by atoms with Crippen molar-refractivity contribution in [1.82, 2.24) is 19.9 Å². The third-order valence-corrected chi connectivity index (χ3v) is 3.02. The van der Waals surface area contributed by atoms with Crippen molar-refractivity contribution in [3.8, 4) is 11.4 Å².